The molecule has 0 bridgehead atoms. The van der Waals surface area contributed by atoms with Crippen LogP contribution < -0.4 is 0 Å². The van der Waals surface area contributed by atoms with E-state index in [4.69, 9.17) is 16.3 Å². The van der Waals surface area contributed by atoms with Gasteiger partial charge in [0.25, 0.3) is 0 Å². The average Bonchev–Trinajstić information content (AvgIpc) is 2.62. The highest BCUT2D eigenvalue weighted by molar-refractivity contribution is 7.92. The van der Waals surface area contributed by atoms with Crippen molar-refractivity contribution in [2.24, 2.45) is 0 Å². The Morgan fingerprint density at radius 1 is 1.08 bits per heavy atom. The van der Waals surface area contributed by atoms with E-state index in [0.717, 1.165) is 17.7 Å². The van der Waals surface area contributed by atoms with Gasteiger partial charge in [-0.05, 0) is 48.7 Å². The van der Waals surface area contributed by atoms with Crippen molar-refractivity contribution in [2.75, 3.05) is 6.61 Å². The molecule has 0 unspecified atom stereocenters. The summed E-state index contributed by atoms with van der Waals surface area (Å²) in [6.45, 7) is 0.218. The molecule has 1 aliphatic rings. The molecule has 8 heteroatoms. The van der Waals surface area contributed by atoms with Gasteiger partial charge in [0.2, 0.25) is 0 Å². The first-order valence-electron chi connectivity index (χ1n) is 7.96. The Labute approximate surface area is 154 Å². The van der Waals surface area contributed by atoms with Gasteiger partial charge in [-0.25, -0.2) is 8.42 Å². The summed E-state index contributed by atoms with van der Waals surface area (Å²) in [4.78, 5) is -0.311. The van der Waals surface area contributed by atoms with Gasteiger partial charge in [0.15, 0.2) is 9.84 Å². The van der Waals surface area contributed by atoms with E-state index in [9.17, 15) is 21.6 Å². The fraction of sp³-hybridized carbons (Fsp3) is 0.333. The van der Waals surface area contributed by atoms with Gasteiger partial charge in [0.1, 0.15) is 0 Å². The summed E-state index contributed by atoms with van der Waals surface area (Å²) in [7, 11) is -3.90. The third-order valence-electron chi connectivity index (χ3n) is 4.41. The average molecular weight is 405 g/mol. The molecule has 0 aromatic heterocycles. The number of benzene rings is 2. The molecule has 3 rings (SSSR count). The van der Waals surface area contributed by atoms with Crippen LogP contribution in [0.2, 0.25) is 5.02 Å². The van der Waals surface area contributed by atoms with Crippen LogP contribution in [0.5, 0.6) is 0 Å². The number of hydrogen-bond acceptors (Lipinski definition) is 3. The Morgan fingerprint density at radius 2 is 1.77 bits per heavy atom. The fourth-order valence-electron chi connectivity index (χ4n) is 3.00. The molecule has 1 fully saturated rings. The van der Waals surface area contributed by atoms with Gasteiger partial charge in [-0.3, -0.25) is 0 Å². The van der Waals surface area contributed by atoms with E-state index in [-0.39, 0.29) is 24.3 Å². The lowest BCUT2D eigenvalue weighted by molar-refractivity contribution is -0.137. The predicted molar refractivity (Wildman–Crippen MR) is 91.8 cm³/mol. The molecule has 3 nitrogen and oxygen atoms in total. The van der Waals surface area contributed by atoms with Gasteiger partial charge in [0.05, 0.1) is 21.8 Å². The van der Waals surface area contributed by atoms with Crippen molar-refractivity contribution in [1.29, 1.82) is 0 Å². The van der Waals surface area contributed by atoms with E-state index >= 15 is 0 Å². The van der Waals surface area contributed by atoms with E-state index < -0.39 is 32.9 Å². The zero-order valence-electron chi connectivity index (χ0n) is 13.5. The van der Waals surface area contributed by atoms with Crippen LogP contribution in [0.3, 0.4) is 0 Å². The van der Waals surface area contributed by atoms with Crippen molar-refractivity contribution >= 4 is 21.4 Å². The Bertz CT molecular complexity index is 879. The number of sulfone groups is 1. The van der Waals surface area contributed by atoms with E-state index in [0.29, 0.717) is 11.1 Å². The summed E-state index contributed by atoms with van der Waals surface area (Å²) in [6.07, 6.45) is -4.61. The zero-order valence-corrected chi connectivity index (χ0v) is 15.1. The van der Waals surface area contributed by atoms with Crippen LogP contribution in [0.15, 0.2) is 53.4 Å². The molecular weight excluding hydrogens is 389 g/mol. The van der Waals surface area contributed by atoms with Crippen molar-refractivity contribution in [3.05, 3.63) is 64.7 Å². The first kappa shape index (κ1) is 19.2. The predicted octanol–water partition coefficient (Wildman–Crippen LogP) is 5.05. The molecule has 1 saturated heterocycles. The van der Waals surface area contributed by atoms with E-state index in [1.807, 2.05) is 0 Å². The molecule has 1 heterocycles. The topological polar surface area (TPSA) is 43.4 Å². The van der Waals surface area contributed by atoms with Gasteiger partial charge >= 0.3 is 6.18 Å². The summed E-state index contributed by atoms with van der Waals surface area (Å²) in [6, 6.07) is 10.8. The summed E-state index contributed by atoms with van der Waals surface area (Å²) in [5.41, 5.74) is -0.182. The van der Waals surface area contributed by atoms with Gasteiger partial charge in [-0.15, -0.1) is 0 Å². The maximum absolute atomic E-state index is 12.9. The molecule has 2 atom stereocenters. The lowest BCUT2D eigenvalue weighted by Crippen LogP contribution is -2.31. The second-order valence-electron chi connectivity index (χ2n) is 6.13. The number of halogens is 4. The monoisotopic (exact) mass is 404 g/mol. The van der Waals surface area contributed by atoms with Gasteiger partial charge in [0, 0.05) is 11.6 Å². The Morgan fingerprint density at radius 3 is 2.42 bits per heavy atom. The molecule has 0 spiro atoms. The lowest BCUT2D eigenvalue weighted by Gasteiger charge is -2.29. The fourth-order valence-corrected chi connectivity index (χ4v) is 4.90. The molecule has 140 valence electrons. The third kappa shape index (κ3) is 4.05. The van der Waals surface area contributed by atoms with Gasteiger partial charge in [-0.2, -0.15) is 13.2 Å². The maximum atomic E-state index is 12.9. The Balaban J connectivity index is 1.86. The number of ether oxygens (including phenoxy) is 1. The molecule has 0 radical (unpaired) electrons. The molecule has 26 heavy (non-hydrogen) atoms. The highest BCUT2D eigenvalue weighted by atomic mass is 35.5. The second-order valence-corrected chi connectivity index (χ2v) is 8.79. The zero-order chi connectivity index (χ0) is 18.9. The molecule has 0 N–H and O–H groups in total. The minimum atomic E-state index is -4.59. The van der Waals surface area contributed by atoms with Crippen LogP contribution in [-0.4, -0.2) is 20.3 Å². The summed E-state index contributed by atoms with van der Waals surface area (Å²) in [5.74, 6) is 0. The molecule has 1 aliphatic heterocycles. The van der Waals surface area contributed by atoms with E-state index in [1.165, 1.54) is 6.07 Å². The minimum absolute atomic E-state index is 0.181. The summed E-state index contributed by atoms with van der Waals surface area (Å²) >= 11 is 5.85. The first-order chi connectivity index (χ1) is 12.2. The summed E-state index contributed by atoms with van der Waals surface area (Å²) in [5, 5.41) is -0.252. The van der Waals surface area contributed by atoms with Crippen molar-refractivity contribution in [2.45, 2.75) is 35.3 Å². The number of rotatable bonds is 3. The quantitative estimate of drug-likeness (QED) is 0.718. The smallest absolute Gasteiger partial charge is 0.373 e. The summed E-state index contributed by atoms with van der Waals surface area (Å²) < 4.78 is 70.0. The molecule has 0 amide bonds. The Hall–Kier alpha value is -1.57. The van der Waals surface area contributed by atoms with E-state index in [2.05, 4.69) is 0 Å². The minimum Gasteiger partial charge on any atom is -0.373 e. The number of hydrogen-bond donors (Lipinski definition) is 0. The van der Waals surface area contributed by atoms with Crippen molar-refractivity contribution in [1.82, 2.24) is 0 Å². The van der Waals surface area contributed by atoms with E-state index in [1.54, 1.807) is 24.3 Å². The molecule has 0 saturated carbocycles. The standard InChI is InChI=1S/C18H16ClF3O3S/c19-14-6-4-12(5-7-14)17-11-16(8-9-25-17)26(23,24)15-3-1-2-13(10-15)18(20,21)22/h1-7,10,16-17H,8-9,11H2/t16-,17-/m0/s1. The largest absolute Gasteiger partial charge is 0.416 e. The molecule has 0 aliphatic carbocycles. The van der Waals surface area contributed by atoms with Crippen LogP contribution in [0, 0.1) is 0 Å². The van der Waals surface area contributed by atoms with Crippen LogP contribution in [0.4, 0.5) is 13.2 Å². The normalized spacial score (nSPS) is 21.5. The van der Waals surface area contributed by atoms with Crippen LogP contribution >= 0.6 is 11.6 Å². The highest BCUT2D eigenvalue weighted by Crippen LogP contribution is 2.36. The maximum Gasteiger partial charge on any atom is 0.416 e. The number of alkyl halides is 3. The van der Waals surface area contributed by atoms with Gasteiger partial charge in [-0.1, -0.05) is 29.8 Å². The van der Waals surface area contributed by atoms with Crippen LogP contribution in [0.1, 0.15) is 30.1 Å². The molecule has 2 aromatic carbocycles. The van der Waals surface area contributed by atoms with Crippen molar-refractivity contribution in [3.63, 3.8) is 0 Å². The Kier molecular flexibility index (Phi) is 5.33. The lowest BCUT2D eigenvalue weighted by atomic mass is 10.0. The highest BCUT2D eigenvalue weighted by Gasteiger charge is 2.36. The van der Waals surface area contributed by atoms with Crippen LogP contribution in [0.25, 0.3) is 0 Å². The van der Waals surface area contributed by atoms with Crippen molar-refractivity contribution in [3.8, 4) is 0 Å². The second kappa shape index (κ2) is 7.21. The van der Waals surface area contributed by atoms with Crippen LogP contribution in [-0.2, 0) is 20.8 Å². The molecule has 2 aromatic rings. The third-order valence-corrected chi connectivity index (χ3v) is 6.88. The van der Waals surface area contributed by atoms with Crippen molar-refractivity contribution < 1.29 is 26.3 Å². The first-order valence-corrected chi connectivity index (χ1v) is 9.88. The van der Waals surface area contributed by atoms with Gasteiger partial charge < -0.3 is 4.74 Å². The SMILES string of the molecule is O=S(=O)(c1cccc(C(F)(F)F)c1)[C@H]1CCO[C@H](c2ccc(Cl)cc2)C1. The molecular formula is C18H16ClF3O3S.